The molecular formula is C16H22Br2O4. The summed E-state index contributed by atoms with van der Waals surface area (Å²) in [5.41, 5.74) is 0. The second-order valence-electron chi connectivity index (χ2n) is 5.32. The van der Waals surface area contributed by atoms with Crippen LogP contribution in [0.2, 0.25) is 0 Å². The van der Waals surface area contributed by atoms with Crippen molar-refractivity contribution < 1.29 is 19.3 Å². The Labute approximate surface area is 148 Å². The summed E-state index contributed by atoms with van der Waals surface area (Å²) in [7, 11) is 0. The number of halogens is 2. The zero-order chi connectivity index (χ0) is 15.8. The molecule has 0 saturated carbocycles. The fourth-order valence-electron chi connectivity index (χ4n) is 2.29. The Balaban J connectivity index is 0.000000172. The first kappa shape index (κ1) is 18.2. The highest BCUT2D eigenvalue weighted by Crippen LogP contribution is 2.26. The van der Waals surface area contributed by atoms with Gasteiger partial charge >= 0.3 is 0 Å². The van der Waals surface area contributed by atoms with Crippen molar-refractivity contribution in [2.75, 3.05) is 13.2 Å². The number of ether oxygens (including phenoxy) is 3. The molecule has 124 valence electrons. The molecule has 0 radical (unpaired) electrons. The quantitative estimate of drug-likeness (QED) is 0.709. The van der Waals surface area contributed by atoms with Gasteiger partial charge in [-0.25, -0.2) is 0 Å². The zero-order valence-electron chi connectivity index (χ0n) is 12.5. The summed E-state index contributed by atoms with van der Waals surface area (Å²) in [5, 5.41) is 9.02. The number of hydrogen-bond acceptors (Lipinski definition) is 4. The van der Waals surface area contributed by atoms with Gasteiger partial charge in [-0.1, -0.05) is 15.9 Å². The number of aromatic hydroxyl groups is 1. The number of phenolic OH excluding ortho intramolecular Hbond substituents is 1. The summed E-state index contributed by atoms with van der Waals surface area (Å²) in [6.07, 6.45) is 6.83. The highest BCUT2D eigenvalue weighted by atomic mass is 79.9. The van der Waals surface area contributed by atoms with Crippen LogP contribution in [-0.2, 0) is 14.2 Å². The molecule has 4 nitrogen and oxygen atoms in total. The first-order valence-corrected chi connectivity index (χ1v) is 9.26. The minimum absolute atomic E-state index is 0.00292. The maximum atomic E-state index is 9.02. The summed E-state index contributed by atoms with van der Waals surface area (Å²) in [4.78, 5) is 0. The molecule has 1 aromatic carbocycles. The lowest BCUT2D eigenvalue weighted by Crippen LogP contribution is -2.31. The molecule has 22 heavy (non-hydrogen) atoms. The van der Waals surface area contributed by atoms with Gasteiger partial charge in [0.25, 0.3) is 0 Å². The average Bonchev–Trinajstić information content (AvgIpc) is 2.54. The van der Waals surface area contributed by atoms with E-state index >= 15 is 0 Å². The minimum atomic E-state index is -0.00292. The van der Waals surface area contributed by atoms with Gasteiger partial charge in [-0.15, -0.1) is 0 Å². The SMILES string of the molecule is C1CCC(OC2CCCCO2)OC1.Oc1cc(Br)ccc1Br. The Bertz CT molecular complexity index is 428. The van der Waals surface area contributed by atoms with Gasteiger partial charge in [0.05, 0.1) is 4.47 Å². The fourth-order valence-corrected chi connectivity index (χ4v) is 2.89. The Morgan fingerprint density at radius 3 is 1.95 bits per heavy atom. The molecule has 3 rings (SSSR count). The standard InChI is InChI=1S/C10H18O3.C6H4Br2O/c1-3-7-11-9(5-1)13-10-6-2-4-8-12-10;7-4-1-2-5(8)6(9)3-4/h9-10H,1-8H2;1-3,9H. The maximum Gasteiger partial charge on any atom is 0.160 e. The van der Waals surface area contributed by atoms with Crippen molar-refractivity contribution in [1.82, 2.24) is 0 Å². The van der Waals surface area contributed by atoms with E-state index in [0.29, 0.717) is 4.47 Å². The van der Waals surface area contributed by atoms with Crippen LogP contribution in [0.25, 0.3) is 0 Å². The van der Waals surface area contributed by atoms with E-state index in [0.717, 1.165) is 30.5 Å². The number of rotatable bonds is 2. The van der Waals surface area contributed by atoms with Gasteiger partial charge in [0.1, 0.15) is 5.75 Å². The van der Waals surface area contributed by atoms with Gasteiger partial charge in [-0.2, -0.15) is 0 Å². The van der Waals surface area contributed by atoms with E-state index < -0.39 is 0 Å². The molecule has 2 atom stereocenters. The van der Waals surface area contributed by atoms with Gasteiger partial charge in [-0.05, 0) is 72.7 Å². The third-order valence-electron chi connectivity index (χ3n) is 3.49. The molecule has 0 amide bonds. The number of benzene rings is 1. The van der Waals surface area contributed by atoms with E-state index in [1.165, 1.54) is 25.7 Å². The summed E-state index contributed by atoms with van der Waals surface area (Å²) >= 11 is 6.37. The second kappa shape index (κ2) is 9.88. The lowest BCUT2D eigenvalue weighted by atomic mass is 10.2. The molecule has 1 aromatic rings. The highest BCUT2D eigenvalue weighted by molar-refractivity contribution is 9.11. The molecule has 6 heteroatoms. The summed E-state index contributed by atoms with van der Waals surface area (Å²) < 4.78 is 18.2. The molecule has 1 N–H and O–H groups in total. The summed E-state index contributed by atoms with van der Waals surface area (Å²) in [5.74, 6) is 0.254. The largest absolute Gasteiger partial charge is 0.507 e. The lowest BCUT2D eigenvalue weighted by molar-refractivity contribution is -0.264. The van der Waals surface area contributed by atoms with E-state index in [9.17, 15) is 0 Å². The van der Waals surface area contributed by atoms with Crippen molar-refractivity contribution in [2.45, 2.75) is 51.1 Å². The van der Waals surface area contributed by atoms with Crippen LogP contribution in [0, 0.1) is 0 Å². The zero-order valence-corrected chi connectivity index (χ0v) is 15.6. The van der Waals surface area contributed by atoms with Crippen molar-refractivity contribution in [1.29, 1.82) is 0 Å². The molecule has 2 heterocycles. The first-order chi connectivity index (χ1) is 10.6. The van der Waals surface area contributed by atoms with Gasteiger partial charge in [-0.3, -0.25) is 0 Å². The molecule has 2 fully saturated rings. The number of hydrogen-bond donors (Lipinski definition) is 1. The van der Waals surface area contributed by atoms with Gasteiger partial charge in [0, 0.05) is 17.7 Å². The Morgan fingerprint density at radius 2 is 1.55 bits per heavy atom. The fraction of sp³-hybridized carbons (Fsp3) is 0.625. The third-order valence-corrected chi connectivity index (χ3v) is 4.65. The van der Waals surface area contributed by atoms with Crippen LogP contribution in [0.5, 0.6) is 5.75 Å². The van der Waals surface area contributed by atoms with Crippen LogP contribution in [0.3, 0.4) is 0 Å². The first-order valence-electron chi connectivity index (χ1n) is 7.68. The van der Waals surface area contributed by atoms with E-state index in [2.05, 4.69) is 31.9 Å². The minimum Gasteiger partial charge on any atom is -0.507 e. The predicted octanol–water partition coefficient (Wildman–Crippen LogP) is 4.97. The maximum absolute atomic E-state index is 9.02. The molecule has 0 aliphatic carbocycles. The third kappa shape index (κ3) is 6.54. The average molecular weight is 438 g/mol. The molecular weight excluding hydrogens is 416 g/mol. The topological polar surface area (TPSA) is 47.9 Å². The van der Waals surface area contributed by atoms with E-state index in [4.69, 9.17) is 19.3 Å². The molecule has 0 spiro atoms. The van der Waals surface area contributed by atoms with Crippen molar-refractivity contribution in [3.8, 4) is 5.75 Å². The Hall–Kier alpha value is -0.140. The molecule has 2 aliphatic heterocycles. The van der Waals surface area contributed by atoms with Crippen LogP contribution in [0.1, 0.15) is 38.5 Å². The number of phenols is 1. The van der Waals surface area contributed by atoms with Gasteiger partial charge in [0.2, 0.25) is 0 Å². The van der Waals surface area contributed by atoms with Crippen molar-refractivity contribution in [3.63, 3.8) is 0 Å². The van der Waals surface area contributed by atoms with Crippen LogP contribution >= 0.6 is 31.9 Å². The molecule has 2 unspecified atom stereocenters. The van der Waals surface area contributed by atoms with Crippen LogP contribution in [0.15, 0.2) is 27.1 Å². The molecule has 0 aromatic heterocycles. The lowest BCUT2D eigenvalue weighted by Gasteiger charge is -2.29. The van der Waals surface area contributed by atoms with Crippen LogP contribution in [-0.4, -0.2) is 30.9 Å². The molecule has 0 bridgehead atoms. The smallest absolute Gasteiger partial charge is 0.160 e. The van der Waals surface area contributed by atoms with Crippen LogP contribution in [0.4, 0.5) is 0 Å². The highest BCUT2D eigenvalue weighted by Gasteiger charge is 2.21. The monoisotopic (exact) mass is 436 g/mol. The van der Waals surface area contributed by atoms with Gasteiger partial charge in [0.15, 0.2) is 12.6 Å². The van der Waals surface area contributed by atoms with E-state index in [-0.39, 0.29) is 18.3 Å². The van der Waals surface area contributed by atoms with E-state index in [1.54, 1.807) is 12.1 Å². The van der Waals surface area contributed by atoms with Crippen molar-refractivity contribution >= 4 is 31.9 Å². The molecule has 2 saturated heterocycles. The van der Waals surface area contributed by atoms with Gasteiger partial charge < -0.3 is 19.3 Å². The van der Waals surface area contributed by atoms with Crippen molar-refractivity contribution in [3.05, 3.63) is 27.1 Å². The Morgan fingerprint density at radius 1 is 0.955 bits per heavy atom. The molecule has 2 aliphatic rings. The van der Waals surface area contributed by atoms with Crippen molar-refractivity contribution in [2.24, 2.45) is 0 Å². The normalized spacial score (nSPS) is 25.2. The van der Waals surface area contributed by atoms with E-state index in [1.807, 2.05) is 6.07 Å². The second-order valence-corrected chi connectivity index (χ2v) is 7.09. The van der Waals surface area contributed by atoms with Crippen LogP contribution < -0.4 is 0 Å². The Kier molecular flexibility index (Phi) is 8.17. The summed E-state index contributed by atoms with van der Waals surface area (Å²) in [6, 6.07) is 5.26. The predicted molar refractivity (Wildman–Crippen MR) is 91.8 cm³/mol. The summed E-state index contributed by atoms with van der Waals surface area (Å²) in [6.45, 7) is 1.69.